The zero-order valence-electron chi connectivity index (χ0n) is 13.4. The van der Waals surface area contributed by atoms with Crippen LogP contribution in [0.5, 0.6) is 11.5 Å². The predicted molar refractivity (Wildman–Crippen MR) is 84.1 cm³/mol. The Labute approximate surface area is 144 Å². The van der Waals surface area contributed by atoms with Crippen molar-refractivity contribution in [3.63, 3.8) is 0 Å². The number of fused-ring (bicyclic) bond motifs is 2. The summed E-state index contributed by atoms with van der Waals surface area (Å²) >= 11 is 0. The lowest BCUT2D eigenvalue weighted by molar-refractivity contribution is -0.135. The molecule has 1 aromatic carbocycles. The van der Waals surface area contributed by atoms with Crippen LogP contribution in [0.2, 0.25) is 0 Å². The average molecular weight is 343 g/mol. The molecule has 0 spiro atoms. The van der Waals surface area contributed by atoms with Crippen molar-refractivity contribution in [2.45, 2.75) is 36.6 Å². The minimum Gasteiger partial charge on any atom is -0.462 e. The maximum absolute atomic E-state index is 11.1. The first-order valence-corrected chi connectivity index (χ1v) is 8.31. The fourth-order valence-electron chi connectivity index (χ4n) is 4.88. The van der Waals surface area contributed by atoms with Crippen molar-refractivity contribution in [1.82, 2.24) is 4.90 Å². The Balaban J connectivity index is 1.67. The summed E-state index contributed by atoms with van der Waals surface area (Å²) in [5, 5.41) is 0. The van der Waals surface area contributed by atoms with Gasteiger partial charge in [-0.25, -0.2) is 0 Å². The van der Waals surface area contributed by atoms with Crippen LogP contribution in [0.1, 0.15) is 17.5 Å². The second kappa shape index (κ2) is 5.23. The molecular formula is C18H17NO6. The quantitative estimate of drug-likeness (QED) is 0.594. The van der Waals surface area contributed by atoms with E-state index in [-0.39, 0.29) is 25.0 Å². The predicted octanol–water partition coefficient (Wildman–Crippen LogP) is 0.894. The number of hydrogen-bond donors (Lipinski definition) is 0. The van der Waals surface area contributed by atoms with Gasteiger partial charge in [0.25, 0.3) is 12.9 Å². The fourth-order valence-corrected chi connectivity index (χ4v) is 4.88. The van der Waals surface area contributed by atoms with Crippen LogP contribution in [0, 0.1) is 0 Å². The highest BCUT2D eigenvalue weighted by molar-refractivity contribution is 5.57. The van der Waals surface area contributed by atoms with E-state index in [1.165, 1.54) is 0 Å². The molecule has 3 aliphatic heterocycles. The molecule has 0 saturated carbocycles. The molecule has 1 fully saturated rings. The topological polar surface area (TPSA) is 74.3 Å². The Morgan fingerprint density at radius 3 is 2.76 bits per heavy atom. The third-order valence-electron chi connectivity index (χ3n) is 5.86. The first-order valence-electron chi connectivity index (χ1n) is 8.31. The van der Waals surface area contributed by atoms with Gasteiger partial charge in [0.15, 0.2) is 11.5 Å². The number of rotatable bonds is 4. The molecule has 3 heterocycles. The van der Waals surface area contributed by atoms with Gasteiger partial charge in [-0.15, -0.1) is 0 Å². The van der Waals surface area contributed by atoms with Gasteiger partial charge in [0.1, 0.15) is 12.2 Å². The van der Waals surface area contributed by atoms with E-state index in [4.69, 9.17) is 18.9 Å². The van der Waals surface area contributed by atoms with Gasteiger partial charge in [-0.3, -0.25) is 14.5 Å². The second-order valence-corrected chi connectivity index (χ2v) is 6.83. The minimum absolute atomic E-state index is 0.0975. The molecule has 7 heteroatoms. The van der Waals surface area contributed by atoms with E-state index >= 15 is 0 Å². The molecule has 25 heavy (non-hydrogen) atoms. The summed E-state index contributed by atoms with van der Waals surface area (Å²) in [7, 11) is 0. The Hall–Kier alpha value is -2.54. The van der Waals surface area contributed by atoms with Crippen LogP contribution in [0.4, 0.5) is 0 Å². The molecule has 0 aromatic heterocycles. The SMILES string of the molecule is O=CO[C@H]1CN2Cc3cc4c(cc3[C@]13C=C[C@H](OC=O)C[C@H]23)OCO4. The van der Waals surface area contributed by atoms with E-state index in [1.807, 2.05) is 24.3 Å². The summed E-state index contributed by atoms with van der Waals surface area (Å²) in [4.78, 5) is 24.1. The summed E-state index contributed by atoms with van der Waals surface area (Å²) in [6.45, 7) is 2.60. The maximum atomic E-state index is 11.1. The number of benzene rings is 1. The van der Waals surface area contributed by atoms with Crippen LogP contribution in [0.25, 0.3) is 0 Å². The Bertz CT molecular complexity index is 777. The van der Waals surface area contributed by atoms with Gasteiger partial charge in [0, 0.05) is 25.6 Å². The lowest BCUT2D eigenvalue weighted by Gasteiger charge is -2.46. The highest BCUT2D eigenvalue weighted by atomic mass is 16.7. The summed E-state index contributed by atoms with van der Waals surface area (Å²) < 4.78 is 21.7. The highest BCUT2D eigenvalue weighted by Gasteiger charge is 2.60. The number of hydrogen-bond acceptors (Lipinski definition) is 7. The molecule has 1 aromatic rings. The molecule has 0 N–H and O–H groups in total. The van der Waals surface area contributed by atoms with Crippen molar-refractivity contribution in [1.29, 1.82) is 0 Å². The highest BCUT2D eigenvalue weighted by Crippen LogP contribution is 2.54. The van der Waals surface area contributed by atoms with E-state index in [9.17, 15) is 9.59 Å². The van der Waals surface area contributed by atoms with Crippen LogP contribution in [0.15, 0.2) is 24.3 Å². The van der Waals surface area contributed by atoms with Gasteiger partial charge in [0.2, 0.25) is 6.79 Å². The number of ether oxygens (including phenoxy) is 4. The molecular weight excluding hydrogens is 326 g/mol. The molecule has 1 saturated heterocycles. The third kappa shape index (κ3) is 1.90. The van der Waals surface area contributed by atoms with Gasteiger partial charge < -0.3 is 18.9 Å². The molecule has 130 valence electrons. The monoisotopic (exact) mass is 343 g/mol. The van der Waals surface area contributed by atoms with Gasteiger partial charge in [-0.05, 0) is 29.3 Å². The van der Waals surface area contributed by atoms with E-state index in [1.54, 1.807) is 0 Å². The molecule has 5 rings (SSSR count). The van der Waals surface area contributed by atoms with Crippen molar-refractivity contribution in [2.24, 2.45) is 0 Å². The van der Waals surface area contributed by atoms with E-state index < -0.39 is 5.41 Å². The molecule has 4 aliphatic rings. The van der Waals surface area contributed by atoms with Gasteiger partial charge in [-0.1, -0.05) is 6.08 Å². The number of carbonyl (C=O) groups excluding carboxylic acids is 2. The normalized spacial score (nSPS) is 36.3. The van der Waals surface area contributed by atoms with Gasteiger partial charge >= 0.3 is 0 Å². The Kier molecular flexibility index (Phi) is 3.09. The Morgan fingerprint density at radius 2 is 1.96 bits per heavy atom. The molecule has 0 amide bonds. The lowest BCUT2D eigenvalue weighted by Crippen LogP contribution is -2.52. The van der Waals surface area contributed by atoms with Gasteiger partial charge in [-0.2, -0.15) is 0 Å². The van der Waals surface area contributed by atoms with E-state index in [0.717, 1.165) is 29.2 Å². The zero-order valence-corrected chi connectivity index (χ0v) is 13.4. The Morgan fingerprint density at radius 1 is 1.16 bits per heavy atom. The third-order valence-corrected chi connectivity index (χ3v) is 5.86. The van der Waals surface area contributed by atoms with Crippen molar-refractivity contribution < 1.29 is 28.5 Å². The van der Waals surface area contributed by atoms with E-state index in [0.29, 0.717) is 25.9 Å². The molecule has 5 atom stereocenters. The largest absolute Gasteiger partial charge is 0.462 e. The standard InChI is InChI=1S/C18H17NO6/c20-8-22-12-1-2-18-13-5-15-14(24-10-25-15)3-11(13)6-19(16(18)4-12)7-17(18)23-9-21/h1-3,5,8-9,12,16-17H,4,6-7,10H2/t12-,16-,17-,18-/m0/s1. The van der Waals surface area contributed by atoms with Crippen LogP contribution in [-0.2, 0) is 31.0 Å². The lowest BCUT2D eigenvalue weighted by atomic mass is 9.65. The summed E-state index contributed by atoms with van der Waals surface area (Å²) in [6, 6.07) is 4.13. The molecule has 2 bridgehead atoms. The smallest absolute Gasteiger partial charge is 0.293 e. The number of nitrogens with zero attached hydrogens (tertiary/aromatic N) is 1. The summed E-state index contributed by atoms with van der Waals surface area (Å²) in [6.07, 6.45) is 4.06. The molecule has 0 radical (unpaired) electrons. The van der Waals surface area contributed by atoms with Crippen LogP contribution in [0.3, 0.4) is 0 Å². The molecule has 1 aliphatic carbocycles. The van der Waals surface area contributed by atoms with Crippen molar-refractivity contribution >= 4 is 12.9 Å². The second-order valence-electron chi connectivity index (χ2n) is 6.83. The molecule has 1 unspecified atom stereocenters. The average Bonchev–Trinajstić information content (AvgIpc) is 3.15. The molecule has 7 nitrogen and oxygen atoms in total. The van der Waals surface area contributed by atoms with Crippen molar-refractivity contribution in [2.75, 3.05) is 13.3 Å². The summed E-state index contributed by atoms with van der Waals surface area (Å²) in [5.74, 6) is 1.47. The van der Waals surface area contributed by atoms with Crippen LogP contribution >= 0.6 is 0 Å². The first-order chi connectivity index (χ1) is 12.3. The van der Waals surface area contributed by atoms with E-state index in [2.05, 4.69) is 4.90 Å². The summed E-state index contributed by atoms with van der Waals surface area (Å²) in [5.41, 5.74) is 1.79. The van der Waals surface area contributed by atoms with Crippen molar-refractivity contribution in [3.05, 3.63) is 35.4 Å². The first kappa shape index (κ1) is 14.8. The fraction of sp³-hybridized carbons (Fsp3) is 0.444. The number of carbonyl (C=O) groups is 2. The van der Waals surface area contributed by atoms with Crippen LogP contribution < -0.4 is 9.47 Å². The van der Waals surface area contributed by atoms with Gasteiger partial charge in [0.05, 0.1) is 5.41 Å². The maximum Gasteiger partial charge on any atom is 0.293 e. The zero-order chi connectivity index (χ0) is 17.0. The van der Waals surface area contributed by atoms with Crippen molar-refractivity contribution in [3.8, 4) is 11.5 Å². The van der Waals surface area contributed by atoms with Crippen LogP contribution in [-0.4, -0.2) is 49.4 Å². The minimum atomic E-state index is -0.460.